The monoisotopic (exact) mass is 481 g/mol. The number of morpholine rings is 1. The van der Waals surface area contributed by atoms with E-state index in [1.165, 1.54) is 11.1 Å². The molecule has 0 aliphatic carbocycles. The van der Waals surface area contributed by atoms with Gasteiger partial charge < -0.3 is 14.0 Å². The van der Waals surface area contributed by atoms with Gasteiger partial charge >= 0.3 is 0 Å². The first-order chi connectivity index (χ1) is 15.4. The molecule has 0 aromatic heterocycles. The van der Waals surface area contributed by atoms with Crippen molar-refractivity contribution in [3.05, 3.63) is 23.3 Å². The molecule has 2 saturated heterocycles. The van der Waals surface area contributed by atoms with Crippen molar-refractivity contribution in [2.45, 2.75) is 45.7 Å². The molecule has 0 spiro atoms. The Kier molecular flexibility index (Phi) is 11.3. The number of hydrogen-bond acceptors (Lipinski definition) is 4. The van der Waals surface area contributed by atoms with Crippen molar-refractivity contribution in [2.24, 2.45) is 0 Å². The Balaban J connectivity index is 1.81. The summed E-state index contributed by atoms with van der Waals surface area (Å²) in [6, 6.07) is -0.277. The van der Waals surface area contributed by atoms with Crippen LogP contribution >= 0.6 is 7.44 Å². The fourth-order valence-electron chi connectivity index (χ4n) is 4.50. The van der Waals surface area contributed by atoms with E-state index in [0.717, 1.165) is 63.1 Å². The zero-order valence-corrected chi connectivity index (χ0v) is 23.0. The summed E-state index contributed by atoms with van der Waals surface area (Å²) in [4.78, 5) is 2.44. The van der Waals surface area contributed by atoms with Crippen molar-refractivity contribution in [1.82, 2.24) is 14.2 Å². The molecule has 0 aromatic carbocycles. The molecule has 188 valence electrons. The predicted octanol–water partition coefficient (Wildman–Crippen LogP) is 3.00. The van der Waals surface area contributed by atoms with Crippen LogP contribution in [0, 0.1) is 0 Å². The molecule has 7 nitrogen and oxygen atoms in total. The van der Waals surface area contributed by atoms with Gasteiger partial charge in [0.2, 0.25) is 7.44 Å². The van der Waals surface area contributed by atoms with E-state index in [1.54, 1.807) is 0 Å². The third kappa shape index (κ3) is 9.60. The van der Waals surface area contributed by atoms with Gasteiger partial charge in [0.05, 0.1) is 33.3 Å². The van der Waals surface area contributed by atoms with Crippen LogP contribution in [0.15, 0.2) is 23.3 Å². The summed E-state index contributed by atoms with van der Waals surface area (Å²) in [5.74, 6) is 0. The van der Waals surface area contributed by atoms with Gasteiger partial charge in [-0.05, 0) is 47.7 Å². The highest BCUT2D eigenvalue weighted by Gasteiger charge is 2.37. The lowest BCUT2D eigenvalue weighted by Crippen LogP contribution is -2.57. The van der Waals surface area contributed by atoms with Crippen LogP contribution in [0.5, 0.6) is 0 Å². The quantitative estimate of drug-likeness (QED) is 0.196. The Morgan fingerprint density at radius 2 is 1.82 bits per heavy atom. The van der Waals surface area contributed by atoms with Crippen LogP contribution in [0.1, 0.15) is 33.6 Å². The zero-order valence-electron chi connectivity index (χ0n) is 22.1. The van der Waals surface area contributed by atoms with Gasteiger partial charge in [-0.3, -0.25) is 9.46 Å². The smallest absolute Gasteiger partial charge is 0.241 e. The first kappa shape index (κ1) is 28.8. The lowest BCUT2D eigenvalue weighted by Gasteiger charge is -2.42. The van der Waals surface area contributed by atoms with E-state index in [4.69, 9.17) is 17.3 Å². The van der Waals surface area contributed by atoms with Crippen LogP contribution in [0.2, 0.25) is 0 Å². The highest BCUT2D eigenvalue weighted by Crippen LogP contribution is 2.51. The molecule has 0 saturated carbocycles. The molecule has 3 unspecified atom stereocenters. The van der Waals surface area contributed by atoms with Crippen molar-refractivity contribution in [2.75, 3.05) is 87.0 Å². The number of allylic oxidation sites excluding steroid dienone is 3. The third-order valence-electron chi connectivity index (χ3n) is 6.51. The van der Waals surface area contributed by atoms with E-state index in [1.807, 2.05) is 18.8 Å². The second-order valence-corrected chi connectivity index (χ2v) is 13.7. The van der Waals surface area contributed by atoms with Crippen molar-refractivity contribution in [1.29, 1.82) is 0 Å². The first-order valence-electron chi connectivity index (χ1n) is 12.3. The lowest BCUT2D eigenvalue weighted by atomic mass is 9.96. The summed E-state index contributed by atoms with van der Waals surface area (Å²) >= 11 is 0. The van der Waals surface area contributed by atoms with Crippen molar-refractivity contribution < 1.29 is 18.5 Å². The predicted molar refractivity (Wildman–Crippen MR) is 139 cm³/mol. The molecular formula is C24H47BN4O3P+. The molecule has 2 aliphatic rings. The fraction of sp³-hybridized carbons (Fsp3) is 0.833. The van der Waals surface area contributed by atoms with Gasteiger partial charge in [0.25, 0.3) is 0 Å². The normalized spacial score (nSPS) is 26.8. The Morgan fingerprint density at radius 1 is 1.15 bits per heavy atom. The Morgan fingerprint density at radius 3 is 2.39 bits per heavy atom. The molecule has 2 heterocycles. The molecule has 2 rings (SSSR count). The second kappa shape index (κ2) is 13.0. The first-order valence-corrected chi connectivity index (χ1v) is 14.1. The summed E-state index contributed by atoms with van der Waals surface area (Å²) in [6.07, 6.45) is 7.02. The highest BCUT2D eigenvalue weighted by molar-refractivity contribution is 7.58. The maximum Gasteiger partial charge on any atom is 0.241 e. The topological polar surface area (TPSA) is 45.2 Å². The average Bonchev–Trinajstić information content (AvgIpc) is 2.70. The van der Waals surface area contributed by atoms with Gasteiger partial charge in [-0.25, -0.2) is 9.34 Å². The number of nitrogens with zero attached hydrogens (tertiary/aromatic N) is 4. The molecular weight excluding hydrogens is 434 g/mol. The van der Waals surface area contributed by atoms with E-state index in [-0.39, 0.29) is 18.5 Å². The molecule has 0 aromatic rings. The molecule has 0 bridgehead atoms. The van der Waals surface area contributed by atoms with E-state index in [0.29, 0.717) is 6.61 Å². The summed E-state index contributed by atoms with van der Waals surface area (Å²) in [6.45, 7) is 13.0. The van der Waals surface area contributed by atoms with Gasteiger partial charge in [-0.15, -0.1) is 0 Å². The third-order valence-corrected chi connectivity index (χ3v) is 9.56. The minimum atomic E-state index is -2.77. The highest BCUT2D eigenvalue weighted by atomic mass is 31.2. The number of rotatable bonds is 11. The molecule has 0 N–H and O–H groups in total. The summed E-state index contributed by atoms with van der Waals surface area (Å²) in [5.41, 5.74) is 2.82. The van der Waals surface area contributed by atoms with Crippen LogP contribution in [-0.2, 0) is 14.0 Å². The van der Waals surface area contributed by atoms with Crippen LogP contribution in [0.3, 0.4) is 0 Å². The average molecular weight is 481 g/mol. The summed E-state index contributed by atoms with van der Waals surface area (Å²) in [7, 11) is 11.4. The van der Waals surface area contributed by atoms with Crippen LogP contribution in [0.4, 0.5) is 0 Å². The number of quaternary nitrogens is 1. The molecule has 9 heteroatoms. The van der Waals surface area contributed by atoms with E-state index in [2.05, 4.69) is 56.6 Å². The number of likely N-dealkylation sites (N-methyl/N-ethyl adjacent to an activating group) is 1. The lowest BCUT2D eigenvalue weighted by molar-refractivity contribution is -0.903. The Hall–Kier alpha value is -0.465. The van der Waals surface area contributed by atoms with Gasteiger partial charge in [-0.1, -0.05) is 23.3 Å². The fourth-order valence-corrected chi connectivity index (χ4v) is 6.55. The van der Waals surface area contributed by atoms with Crippen molar-refractivity contribution in [3.8, 4) is 0 Å². The maximum absolute atomic E-state index is 13.9. The van der Waals surface area contributed by atoms with Crippen molar-refractivity contribution >= 4 is 15.3 Å². The Labute approximate surface area is 204 Å². The molecule has 0 amide bonds. The van der Waals surface area contributed by atoms with Crippen LogP contribution in [-0.4, -0.2) is 126 Å². The zero-order chi connectivity index (χ0) is 24.6. The van der Waals surface area contributed by atoms with E-state index in [9.17, 15) is 4.57 Å². The van der Waals surface area contributed by atoms with Gasteiger partial charge in [0.15, 0.2) is 0 Å². The molecule has 2 aliphatic heterocycles. The van der Waals surface area contributed by atoms with Gasteiger partial charge in [0, 0.05) is 32.7 Å². The number of ether oxygens (including phenoxy) is 2. The second-order valence-electron chi connectivity index (χ2n) is 10.7. The molecule has 33 heavy (non-hydrogen) atoms. The molecule has 2 radical (unpaired) electrons. The summed E-state index contributed by atoms with van der Waals surface area (Å²) in [5, 5.41) is 0. The van der Waals surface area contributed by atoms with Gasteiger partial charge in [0.1, 0.15) is 26.8 Å². The minimum absolute atomic E-state index is 0.0667. The van der Waals surface area contributed by atoms with Crippen molar-refractivity contribution in [3.63, 3.8) is 0 Å². The standard InChI is InChI=1S/C24H47BN4O3P/c1-21(2)9-8-10-22(3)11-12-27-13-15-28(16-14-27)33(30,26(4)5)20-31-19-23-17-29(6,7)18-24(25)32-23/h9,11,23-24H,8,10,12-20H2,1-7H3/q+1. The van der Waals surface area contributed by atoms with E-state index >= 15 is 0 Å². The summed E-state index contributed by atoms with van der Waals surface area (Å²) < 4.78 is 30.5. The van der Waals surface area contributed by atoms with E-state index < -0.39 is 7.44 Å². The number of piperazine rings is 1. The number of hydrogen-bond donors (Lipinski definition) is 0. The maximum atomic E-state index is 13.9. The minimum Gasteiger partial charge on any atom is -0.371 e. The van der Waals surface area contributed by atoms with Crippen LogP contribution < -0.4 is 0 Å². The van der Waals surface area contributed by atoms with Gasteiger partial charge in [-0.2, -0.15) is 0 Å². The molecule has 3 atom stereocenters. The Bertz CT molecular complexity index is 716. The molecule has 2 fully saturated rings. The largest absolute Gasteiger partial charge is 0.371 e. The SMILES string of the molecule is [B]C1C[N+](C)(C)CC(COCP(=O)(N(C)C)N2CCN(CC=C(C)CCC=C(C)C)CC2)O1. The van der Waals surface area contributed by atoms with Crippen LogP contribution in [0.25, 0.3) is 0 Å².